The van der Waals surface area contributed by atoms with E-state index in [-0.39, 0.29) is 11.5 Å². The molecule has 0 atom stereocenters. The second-order valence-electron chi connectivity index (χ2n) is 4.66. The predicted molar refractivity (Wildman–Crippen MR) is 81.8 cm³/mol. The minimum absolute atomic E-state index is 0.131. The van der Waals surface area contributed by atoms with Gasteiger partial charge in [0.1, 0.15) is 11.5 Å². The summed E-state index contributed by atoms with van der Waals surface area (Å²) in [5, 5.41) is 3.01. The zero-order valence-electron chi connectivity index (χ0n) is 11.2. The van der Waals surface area contributed by atoms with Crippen molar-refractivity contribution in [1.29, 1.82) is 0 Å². The molecule has 3 amide bonds. The molecule has 1 aliphatic rings. The molecular weight excluding hydrogens is 307 g/mol. The summed E-state index contributed by atoms with van der Waals surface area (Å²) in [7, 11) is 0. The molecule has 0 aromatic heterocycles. The summed E-state index contributed by atoms with van der Waals surface area (Å²) >= 11 is 5.79. The van der Waals surface area contributed by atoms with Gasteiger partial charge in [0.2, 0.25) is 0 Å². The van der Waals surface area contributed by atoms with E-state index in [1.807, 2.05) is 0 Å². The van der Waals surface area contributed by atoms with Crippen LogP contribution in [0.15, 0.2) is 54.2 Å². The molecule has 1 heterocycles. The molecule has 0 unspecified atom stereocenters. The summed E-state index contributed by atoms with van der Waals surface area (Å²) in [4.78, 5) is 25.3. The normalized spacial score (nSPS) is 16.3. The van der Waals surface area contributed by atoms with Crippen LogP contribution < -0.4 is 10.2 Å². The standard InChI is InChI=1S/C16H10ClFN2O2/c17-11-3-7-13(8-4-11)20-15(21)14(19-16(20)22)9-10-1-5-12(18)6-2-10/h1-9H,(H,19,22)/b14-9+. The smallest absolute Gasteiger partial charge is 0.302 e. The average molecular weight is 317 g/mol. The number of nitrogens with one attached hydrogen (secondary N) is 1. The monoisotopic (exact) mass is 316 g/mol. The lowest BCUT2D eigenvalue weighted by Crippen LogP contribution is -2.30. The van der Waals surface area contributed by atoms with Gasteiger partial charge in [-0.05, 0) is 48.0 Å². The number of amides is 3. The topological polar surface area (TPSA) is 49.4 Å². The molecule has 0 bridgehead atoms. The highest BCUT2D eigenvalue weighted by Crippen LogP contribution is 2.23. The highest BCUT2D eigenvalue weighted by molar-refractivity contribution is 6.31. The number of nitrogens with zero attached hydrogens (tertiary/aromatic N) is 1. The van der Waals surface area contributed by atoms with Gasteiger partial charge in [0, 0.05) is 5.02 Å². The Kier molecular flexibility index (Phi) is 3.65. The molecular formula is C16H10ClFN2O2. The Morgan fingerprint density at radius 1 is 1.00 bits per heavy atom. The van der Waals surface area contributed by atoms with E-state index in [1.54, 1.807) is 24.3 Å². The summed E-state index contributed by atoms with van der Waals surface area (Å²) in [6.45, 7) is 0. The number of rotatable bonds is 2. The lowest BCUT2D eigenvalue weighted by Gasteiger charge is -2.11. The van der Waals surface area contributed by atoms with E-state index in [4.69, 9.17) is 11.6 Å². The van der Waals surface area contributed by atoms with E-state index in [0.29, 0.717) is 16.3 Å². The van der Waals surface area contributed by atoms with E-state index < -0.39 is 11.9 Å². The molecule has 2 aromatic carbocycles. The lowest BCUT2D eigenvalue weighted by molar-refractivity contribution is -0.113. The first kappa shape index (κ1) is 14.3. The molecule has 1 aliphatic heterocycles. The van der Waals surface area contributed by atoms with Crippen molar-refractivity contribution in [2.75, 3.05) is 4.90 Å². The van der Waals surface area contributed by atoms with Crippen LogP contribution in [0.5, 0.6) is 0 Å². The van der Waals surface area contributed by atoms with Crippen molar-refractivity contribution < 1.29 is 14.0 Å². The third-order valence-electron chi connectivity index (χ3n) is 3.14. The van der Waals surface area contributed by atoms with Crippen molar-refractivity contribution in [1.82, 2.24) is 5.32 Å². The SMILES string of the molecule is O=C1N/C(=C/c2ccc(F)cc2)C(=O)N1c1ccc(Cl)cc1. The van der Waals surface area contributed by atoms with Crippen molar-refractivity contribution in [3.63, 3.8) is 0 Å². The van der Waals surface area contributed by atoms with Crippen LogP contribution in [0.2, 0.25) is 5.02 Å². The predicted octanol–water partition coefficient (Wildman–Crippen LogP) is 3.58. The Morgan fingerprint density at radius 2 is 1.64 bits per heavy atom. The fourth-order valence-electron chi connectivity index (χ4n) is 2.09. The van der Waals surface area contributed by atoms with Gasteiger partial charge in [0.05, 0.1) is 5.69 Å². The van der Waals surface area contributed by atoms with Crippen LogP contribution in [-0.4, -0.2) is 11.9 Å². The van der Waals surface area contributed by atoms with Gasteiger partial charge in [-0.2, -0.15) is 0 Å². The fraction of sp³-hybridized carbons (Fsp3) is 0. The number of imide groups is 1. The Labute approximate surface area is 130 Å². The number of anilines is 1. The second-order valence-corrected chi connectivity index (χ2v) is 5.09. The molecule has 0 aliphatic carbocycles. The summed E-state index contributed by atoms with van der Waals surface area (Å²) in [5.74, 6) is -0.844. The molecule has 0 radical (unpaired) electrons. The van der Waals surface area contributed by atoms with Gasteiger partial charge in [0.25, 0.3) is 5.91 Å². The van der Waals surface area contributed by atoms with Gasteiger partial charge in [-0.1, -0.05) is 23.7 Å². The van der Waals surface area contributed by atoms with Gasteiger partial charge < -0.3 is 5.32 Å². The van der Waals surface area contributed by atoms with Gasteiger partial charge in [-0.25, -0.2) is 14.1 Å². The van der Waals surface area contributed by atoms with Crippen LogP contribution in [0.1, 0.15) is 5.56 Å². The Hall–Kier alpha value is -2.66. The molecule has 1 saturated heterocycles. The summed E-state index contributed by atoms with van der Waals surface area (Å²) in [5.41, 5.74) is 1.17. The number of benzene rings is 2. The van der Waals surface area contributed by atoms with Gasteiger partial charge in [-0.15, -0.1) is 0 Å². The molecule has 0 saturated carbocycles. The number of carbonyl (C=O) groups is 2. The van der Waals surface area contributed by atoms with Crippen LogP contribution in [0.25, 0.3) is 6.08 Å². The molecule has 22 heavy (non-hydrogen) atoms. The van der Waals surface area contributed by atoms with Crippen molar-refractivity contribution >= 4 is 35.3 Å². The number of carbonyl (C=O) groups excluding carboxylic acids is 2. The molecule has 2 aromatic rings. The van der Waals surface area contributed by atoms with Crippen LogP contribution in [-0.2, 0) is 4.79 Å². The second kappa shape index (κ2) is 5.61. The van der Waals surface area contributed by atoms with Gasteiger partial charge in [-0.3, -0.25) is 4.79 Å². The maximum absolute atomic E-state index is 12.9. The lowest BCUT2D eigenvalue weighted by atomic mass is 10.2. The van der Waals surface area contributed by atoms with E-state index in [1.165, 1.54) is 30.3 Å². The molecule has 1 N–H and O–H groups in total. The molecule has 0 spiro atoms. The zero-order chi connectivity index (χ0) is 15.7. The van der Waals surface area contributed by atoms with Crippen LogP contribution in [0.4, 0.5) is 14.9 Å². The van der Waals surface area contributed by atoms with Crippen molar-refractivity contribution in [3.05, 3.63) is 70.6 Å². The molecule has 6 heteroatoms. The van der Waals surface area contributed by atoms with Crippen molar-refractivity contribution in [2.24, 2.45) is 0 Å². The first-order valence-corrected chi connectivity index (χ1v) is 6.81. The zero-order valence-corrected chi connectivity index (χ0v) is 12.0. The number of hydrogen-bond donors (Lipinski definition) is 1. The Balaban J connectivity index is 1.91. The summed E-state index contributed by atoms with van der Waals surface area (Å²) in [6.07, 6.45) is 1.50. The number of halogens is 2. The first-order valence-electron chi connectivity index (χ1n) is 6.43. The summed E-state index contributed by atoms with van der Waals surface area (Å²) in [6, 6.07) is 11.4. The van der Waals surface area contributed by atoms with Crippen molar-refractivity contribution in [2.45, 2.75) is 0 Å². The van der Waals surface area contributed by atoms with Crippen LogP contribution >= 0.6 is 11.6 Å². The Bertz CT molecular complexity index is 770. The minimum atomic E-state index is -0.541. The third kappa shape index (κ3) is 2.71. The van der Waals surface area contributed by atoms with Crippen LogP contribution in [0, 0.1) is 5.82 Å². The fourth-order valence-corrected chi connectivity index (χ4v) is 2.21. The third-order valence-corrected chi connectivity index (χ3v) is 3.40. The minimum Gasteiger partial charge on any atom is -0.302 e. The van der Waals surface area contributed by atoms with E-state index in [0.717, 1.165) is 4.90 Å². The van der Waals surface area contributed by atoms with Gasteiger partial charge >= 0.3 is 6.03 Å². The maximum Gasteiger partial charge on any atom is 0.333 e. The maximum atomic E-state index is 12.9. The quantitative estimate of drug-likeness (QED) is 0.680. The summed E-state index contributed by atoms with van der Waals surface area (Å²) < 4.78 is 12.9. The first-order chi connectivity index (χ1) is 10.5. The van der Waals surface area contributed by atoms with Gasteiger partial charge in [0.15, 0.2) is 0 Å². The number of urea groups is 1. The largest absolute Gasteiger partial charge is 0.333 e. The highest BCUT2D eigenvalue weighted by Gasteiger charge is 2.34. The van der Waals surface area contributed by atoms with E-state index >= 15 is 0 Å². The molecule has 1 fully saturated rings. The molecule has 3 rings (SSSR count). The number of hydrogen-bond acceptors (Lipinski definition) is 2. The molecule has 110 valence electrons. The Morgan fingerprint density at radius 3 is 2.27 bits per heavy atom. The highest BCUT2D eigenvalue weighted by atomic mass is 35.5. The van der Waals surface area contributed by atoms with Crippen LogP contribution in [0.3, 0.4) is 0 Å². The molecule has 4 nitrogen and oxygen atoms in total. The average Bonchev–Trinajstić information content (AvgIpc) is 2.77. The van der Waals surface area contributed by atoms with Crippen molar-refractivity contribution in [3.8, 4) is 0 Å². The van der Waals surface area contributed by atoms with E-state index in [2.05, 4.69) is 5.32 Å². The van der Waals surface area contributed by atoms with E-state index in [9.17, 15) is 14.0 Å².